The van der Waals surface area contributed by atoms with E-state index in [0.29, 0.717) is 6.54 Å². The molecule has 0 saturated carbocycles. The van der Waals surface area contributed by atoms with Gasteiger partial charge in [0.2, 0.25) is 0 Å². The van der Waals surface area contributed by atoms with Crippen LogP contribution in [-0.4, -0.2) is 28.8 Å². The lowest BCUT2D eigenvalue weighted by atomic mass is 10.1. The van der Waals surface area contributed by atoms with E-state index in [4.69, 9.17) is 4.74 Å². The minimum atomic E-state index is -0.486. The zero-order valence-electron chi connectivity index (χ0n) is 13.9. The van der Waals surface area contributed by atoms with Crippen LogP contribution < -0.4 is 10.6 Å². The Morgan fingerprint density at radius 3 is 2.52 bits per heavy atom. The van der Waals surface area contributed by atoms with E-state index in [1.54, 1.807) is 6.20 Å². The zero-order chi connectivity index (χ0) is 16.1. The van der Waals surface area contributed by atoms with Gasteiger partial charge in [0.15, 0.2) is 0 Å². The molecule has 5 nitrogen and oxygen atoms in total. The predicted molar refractivity (Wildman–Crippen MR) is 84.1 cm³/mol. The smallest absolute Gasteiger partial charge is 0.408 e. The van der Waals surface area contributed by atoms with Gasteiger partial charge in [-0.3, -0.25) is 4.98 Å². The van der Waals surface area contributed by atoms with E-state index in [2.05, 4.69) is 22.5 Å². The van der Waals surface area contributed by atoms with Crippen molar-refractivity contribution in [3.05, 3.63) is 29.6 Å². The maximum atomic E-state index is 11.8. The molecule has 0 bridgehead atoms. The molecule has 118 valence electrons. The average Bonchev–Trinajstić information content (AvgIpc) is 2.27. The Morgan fingerprint density at radius 2 is 1.95 bits per heavy atom. The Hall–Kier alpha value is -1.62. The molecule has 0 aliphatic carbocycles. The minimum absolute atomic E-state index is 0.390. The van der Waals surface area contributed by atoms with Crippen LogP contribution in [0.2, 0.25) is 0 Å². The highest BCUT2D eigenvalue weighted by molar-refractivity contribution is 5.68. The second kappa shape index (κ2) is 6.89. The number of pyridine rings is 1. The Balaban J connectivity index is 2.43. The van der Waals surface area contributed by atoms with Crippen molar-refractivity contribution in [2.75, 3.05) is 6.54 Å². The summed E-state index contributed by atoms with van der Waals surface area (Å²) in [6.07, 6.45) is 3.25. The average molecular weight is 293 g/mol. The van der Waals surface area contributed by atoms with Crippen LogP contribution in [0.25, 0.3) is 0 Å². The van der Waals surface area contributed by atoms with Crippen molar-refractivity contribution in [2.45, 2.75) is 59.2 Å². The lowest BCUT2D eigenvalue weighted by molar-refractivity contribution is 0.0472. The minimum Gasteiger partial charge on any atom is -0.444 e. The number of aromatic nitrogens is 1. The maximum absolute atomic E-state index is 11.8. The topological polar surface area (TPSA) is 63.2 Å². The third-order valence-electron chi connectivity index (χ3n) is 2.87. The second-order valence-corrected chi connectivity index (χ2v) is 6.92. The molecule has 0 spiro atoms. The van der Waals surface area contributed by atoms with E-state index < -0.39 is 17.2 Å². The molecule has 1 heterocycles. The summed E-state index contributed by atoms with van der Waals surface area (Å²) < 4.78 is 5.27. The molecule has 21 heavy (non-hydrogen) atoms. The highest BCUT2D eigenvalue weighted by Gasteiger charge is 2.24. The molecule has 1 amide bonds. The molecular weight excluding hydrogens is 266 g/mol. The maximum Gasteiger partial charge on any atom is 0.408 e. The van der Waals surface area contributed by atoms with Crippen LogP contribution >= 0.6 is 0 Å². The zero-order valence-corrected chi connectivity index (χ0v) is 13.9. The molecule has 5 heteroatoms. The number of alkyl carbamates (subject to hydrolysis) is 1. The summed E-state index contributed by atoms with van der Waals surface area (Å²) in [5.74, 6) is 0. The fourth-order valence-electron chi connectivity index (χ4n) is 1.82. The molecule has 0 aliphatic rings. The Labute approximate surface area is 127 Å². The number of nitrogens with one attached hydrogen (secondary N) is 2. The van der Waals surface area contributed by atoms with Crippen molar-refractivity contribution in [3.63, 3.8) is 0 Å². The van der Waals surface area contributed by atoms with Gasteiger partial charge in [-0.25, -0.2) is 4.79 Å². The number of rotatable bonds is 5. The van der Waals surface area contributed by atoms with Crippen molar-refractivity contribution in [1.82, 2.24) is 15.6 Å². The van der Waals surface area contributed by atoms with Crippen LogP contribution in [0.3, 0.4) is 0 Å². The lowest BCUT2D eigenvalue weighted by Gasteiger charge is -2.29. The number of hydrogen-bond acceptors (Lipinski definition) is 4. The fourth-order valence-corrected chi connectivity index (χ4v) is 1.82. The number of amides is 1. The number of nitrogens with zero attached hydrogens (tertiary/aromatic N) is 1. The molecule has 0 aliphatic heterocycles. The first-order chi connectivity index (χ1) is 9.59. The van der Waals surface area contributed by atoms with Crippen molar-refractivity contribution in [2.24, 2.45) is 0 Å². The van der Waals surface area contributed by atoms with Crippen LogP contribution in [0.1, 0.15) is 45.7 Å². The molecule has 0 atom stereocenters. The summed E-state index contributed by atoms with van der Waals surface area (Å²) in [6.45, 7) is 12.9. The van der Waals surface area contributed by atoms with Gasteiger partial charge < -0.3 is 15.4 Å². The van der Waals surface area contributed by atoms with E-state index in [9.17, 15) is 4.79 Å². The normalized spacial score (nSPS) is 12.1. The monoisotopic (exact) mass is 293 g/mol. The number of aryl methyl sites for hydroxylation is 1. The quantitative estimate of drug-likeness (QED) is 0.876. The van der Waals surface area contributed by atoms with Gasteiger partial charge in [0.05, 0.1) is 5.54 Å². The van der Waals surface area contributed by atoms with Crippen LogP contribution in [0.5, 0.6) is 0 Å². The van der Waals surface area contributed by atoms with Gasteiger partial charge in [0.1, 0.15) is 5.60 Å². The van der Waals surface area contributed by atoms with E-state index >= 15 is 0 Å². The Bertz CT molecular complexity index is 479. The summed E-state index contributed by atoms with van der Waals surface area (Å²) >= 11 is 0. The standard InChI is InChI=1S/C16H27N3O2/c1-12-7-8-17-9-13(12)10-18-11-16(5,6)19-14(20)21-15(2,3)4/h7-9,18H,10-11H2,1-6H3,(H,19,20). The van der Waals surface area contributed by atoms with Crippen molar-refractivity contribution < 1.29 is 9.53 Å². The number of ether oxygens (including phenoxy) is 1. The van der Waals surface area contributed by atoms with E-state index in [0.717, 1.165) is 12.1 Å². The molecular formula is C16H27N3O2. The first-order valence-corrected chi connectivity index (χ1v) is 7.20. The van der Waals surface area contributed by atoms with Gasteiger partial charge in [-0.05, 0) is 58.7 Å². The van der Waals surface area contributed by atoms with Crippen molar-refractivity contribution >= 4 is 6.09 Å². The summed E-state index contributed by atoms with van der Waals surface area (Å²) in [5.41, 5.74) is 1.49. The molecule has 1 aromatic heterocycles. The first kappa shape index (κ1) is 17.4. The van der Waals surface area contributed by atoms with Gasteiger partial charge in [0.25, 0.3) is 0 Å². The highest BCUT2D eigenvalue weighted by atomic mass is 16.6. The molecule has 0 fully saturated rings. The Kier molecular flexibility index (Phi) is 5.72. The number of carbonyl (C=O) groups is 1. The molecule has 0 unspecified atom stereocenters. The third kappa shape index (κ3) is 7.09. The SMILES string of the molecule is Cc1ccncc1CNCC(C)(C)NC(=O)OC(C)(C)C. The predicted octanol–water partition coefficient (Wildman–Crippen LogP) is 2.78. The van der Waals surface area contributed by atoms with Gasteiger partial charge in [0, 0.05) is 25.5 Å². The molecule has 0 saturated heterocycles. The molecule has 0 radical (unpaired) electrons. The van der Waals surface area contributed by atoms with Crippen LogP contribution in [-0.2, 0) is 11.3 Å². The van der Waals surface area contributed by atoms with Crippen LogP contribution in [0.4, 0.5) is 4.79 Å². The van der Waals surface area contributed by atoms with Crippen LogP contribution in [0, 0.1) is 6.92 Å². The van der Waals surface area contributed by atoms with E-state index in [-0.39, 0.29) is 0 Å². The number of carbonyl (C=O) groups excluding carboxylic acids is 1. The molecule has 1 rings (SSSR count). The second-order valence-electron chi connectivity index (χ2n) is 6.92. The summed E-state index contributed by atoms with van der Waals surface area (Å²) in [4.78, 5) is 15.9. The van der Waals surface area contributed by atoms with Gasteiger partial charge in [-0.2, -0.15) is 0 Å². The van der Waals surface area contributed by atoms with Gasteiger partial charge in [-0.1, -0.05) is 0 Å². The molecule has 0 aromatic carbocycles. The molecule has 2 N–H and O–H groups in total. The van der Waals surface area contributed by atoms with E-state index in [1.165, 1.54) is 5.56 Å². The summed E-state index contributed by atoms with van der Waals surface area (Å²) in [7, 11) is 0. The third-order valence-corrected chi connectivity index (χ3v) is 2.87. The fraction of sp³-hybridized carbons (Fsp3) is 0.625. The highest BCUT2D eigenvalue weighted by Crippen LogP contribution is 2.09. The van der Waals surface area contributed by atoms with E-state index in [1.807, 2.05) is 46.9 Å². The lowest BCUT2D eigenvalue weighted by Crippen LogP contribution is -2.51. The summed E-state index contributed by atoms with van der Waals surface area (Å²) in [5, 5.41) is 6.22. The summed E-state index contributed by atoms with van der Waals surface area (Å²) in [6, 6.07) is 1.99. The largest absolute Gasteiger partial charge is 0.444 e. The number of hydrogen-bond donors (Lipinski definition) is 2. The van der Waals surface area contributed by atoms with Gasteiger partial charge >= 0.3 is 6.09 Å². The first-order valence-electron chi connectivity index (χ1n) is 7.20. The van der Waals surface area contributed by atoms with Crippen molar-refractivity contribution in [1.29, 1.82) is 0 Å². The molecule has 1 aromatic rings. The Morgan fingerprint density at radius 1 is 1.29 bits per heavy atom. The van der Waals surface area contributed by atoms with Gasteiger partial charge in [-0.15, -0.1) is 0 Å². The van der Waals surface area contributed by atoms with Crippen molar-refractivity contribution in [3.8, 4) is 0 Å². The van der Waals surface area contributed by atoms with Crippen LogP contribution in [0.15, 0.2) is 18.5 Å².